The van der Waals surface area contributed by atoms with Crippen molar-refractivity contribution in [3.63, 3.8) is 0 Å². The molecule has 0 amide bonds. The number of hydrazone groups is 1. The van der Waals surface area contributed by atoms with Crippen LogP contribution < -0.4 is 15.3 Å². The summed E-state index contributed by atoms with van der Waals surface area (Å²) in [6.45, 7) is 0. The first kappa shape index (κ1) is 18.2. The normalized spacial score (nSPS) is 11.4. The van der Waals surface area contributed by atoms with Crippen molar-refractivity contribution in [1.82, 2.24) is 0 Å². The maximum absolute atomic E-state index is 11.3. The van der Waals surface area contributed by atoms with Gasteiger partial charge in [0.05, 0.1) is 23.1 Å². The molecular weight excluding hydrogens is 352 g/mol. The van der Waals surface area contributed by atoms with E-state index in [-0.39, 0.29) is 16.3 Å². The average Bonchev–Trinajstić information content (AvgIpc) is 2.54. The van der Waals surface area contributed by atoms with Crippen molar-refractivity contribution in [3.8, 4) is 11.5 Å². The van der Waals surface area contributed by atoms with Crippen LogP contribution in [-0.4, -0.2) is 31.8 Å². The number of ether oxygens (including phenoxy) is 1. The van der Waals surface area contributed by atoms with Gasteiger partial charge >= 0.3 is 0 Å². The molecule has 25 heavy (non-hydrogen) atoms. The number of nitrogens with two attached hydrogens (primary N) is 1. The smallest absolute Gasteiger partial charge is 0.295 e. The summed E-state index contributed by atoms with van der Waals surface area (Å²) in [5.41, 5.74) is 2.44. The molecule has 0 aliphatic carbocycles. The summed E-state index contributed by atoms with van der Waals surface area (Å²) < 4.78 is 27.5. The zero-order chi connectivity index (χ0) is 18.6. The van der Waals surface area contributed by atoms with E-state index in [0.29, 0.717) is 11.3 Å². The number of primary sulfonamides is 1. The number of anilines is 1. The van der Waals surface area contributed by atoms with Gasteiger partial charge in [-0.15, -0.1) is 0 Å². The lowest BCUT2D eigenvalue weighted by atomic mass is 10.2. The summed E-state index contributed by atoms with van der Waals surface area (Å²) in [6.07, 6.45) is 1.32. The minimum absolute atomic E-state index is 0.0219. The predicted octanol–water partition coefficient (Wildman–Crippen LogP) is 1.40. The number of hydrogen-bond acceptors (Lipinski definition) is 8. The quantitative estimate of drug-likeness (QED) is 0.396. The average molecular weight is 366 g/mol. The number of phenols is 1. The highest BCUT2D eigenvalue weighted by atomic mass is 32.2. The number of nitro groups is 1. The fourth-order valence-corrected chi connectivity index (χ4v) is 2.43. The summed E-state index contributed by atoms with van der Waals surface area (Å²) in [4.78, 5) is 9.94. The van der Waals surface area contributed by atoms with Crippen molar-refractivity contribution in [3.05, 3.63) is 52.1 Å². The molecule has 0 spiro atoms. The zero-order valence-corrected chi connectivity index (χ0v) is 13.7. The Kier molecular flexibility index (Phi) is 5.20. The summed E-state index contributed by atoms with van der Waals surface area (Å²) in [7, 11) is -2.65. The first-order valence-corrected chi connectivity index (χ1v) is 8.24. The molecular formula is C14H14N4O6S. The van der Waals surface area contributed by atoms with Crippen molar-refractivity contribution in [2.75, 3.05) is 12.5 Å². The minimum atomic E-state index is -4.06. The molecule has 0 heterocycles. The van der Waals surface area contributed by atoms with E-state index in [1.165, 1.54) is 31.5 Å². The highest BCUT2D eigenvalue weighted by Crippen LogP contribution is 2.28. The second kappa shape index (κ2) is 7.15. The number of nitrogens with one attached hydrogen (secondary N) is 1. The van der Waals surface area contributed by atoms with Crippen LogP contribution in [0.5, 0.6) is 11.5 Å². The molecule has 11 heteroatoms. The van der Waals surface area contributed by atoms with Crippen LogP contribution in [0.2, 0.25) is 0 Å². The molecule has 2 aromatic carbocycles. The minimum Gasteiger partial charge on any atom is -0.504 e. The van der Waals surface area contributed by atoms with Gasteiger partial charge in [0, 0.05) is 6.07 Å². The van der Waals surface area contributed by atoms with Crippen molar-refractivity contribution in [2.45, 2.75) is 4.90 Å². The van der Waals surface area contributed by atoms with Gasteiger partial charge in [-0.05, 0) is 35.9 Å². The molecule has 0 fully saturated rings. The SMILES string of the molecule is COc1ccc(/C=N/Nc2ccc(S(N)(=O)=O)cc2[N+](=O)[O-])cc1O. The third kappa shape index (κ3) is 4.43. The van der Waals surface area contributed by atoms with Crippen LogP contribution in [-0.2, 0) is 10.0 Å². The van der Waals surface area contributed by atoms with Gasteiger partial charge in [-0.1, -0.05) is 0 Å². The highest BCUT2D eigenvalue weighted by molar-refractivity contribution is 7.89. The fraction of sp³-hybridized carbons (Fsp3) is 0.0714. The van der Waals surface area contributed by atoms with Gasteiger partial charge < -0.3 is 9.84 Å². The number of methoxy groups -OCH3 is 1. The molecule has 4 N–H and O–H groups in total. The molecule has 0 atom stereocenters. The molecule has 0 radical (unpaired) electrons. The number of aromatic hydroxyl groups is 1. The van der Waals surface area contributed by atoms with Gasteiger partial charge in [0.2, 0.25) is 10.0 Å². The lowest BCUT2D eigenvalue weighted by molar-refractivity contribution is -0.384. The Hall–Kier alpha value is -3.18. The number of nitrogens with zero attached hydrogens (tertiary/aromatic N) is 2. The van der Waals surface area contributed by atoms with Crippen LogP contribution in [0.1, 0.15) is 5.56 Å². The number of sulfonamides is 1. The Labute approximate surface area is 142 Å². The molecule has 0 saturated carbocycles. The van der Waals surface area contributed by atoms with Gasteiger partial charge in [0.15, 0.2) is 11.5 Å². The van der Waals surface area contributed by atoms with E-state index in [1.807, 2.05) is 0 Å². The number of hydrogen-bond donors (Lipinski definition) is 3. The molecule has 0 aliphatic rings. The van der Waals surface area contributed by atoms with E-state index < -0.39 is 20.6 Å². The Morgan fingerprint density at radius 1 is 1.32 bits per heavy atom. The van der Waals surface area contributed by atoms with Gasteiger partial charge in [0.25, 0.3) is 5.69 Å². The van der Waals surface area contributed by atoms with Crippen molar-refractivity contribution in [1.29, 1.82) is 0 Å². The Balaban J connectivity index is 2.25. The highest BCUT2D eigenvalue weighted by Gasteiger charge is 2.18. The topological polar surface area (TPSA) is 157 Å². The van der Waals surface area contributed by atoms with Gasteiger partial charge in [0.1, 0.15) is 5.69 Å². The summed E-state index contributed by atoms with van der Waals surface area (Å²) >= 11 is 0. The molecule has 10 nitrogen and oxygen atoms in total. The van der Waals surface area contributed by atoms with Gasteiger partial charge in [-0.25, -0.2) is 13.6 Å². The van der Waals surface area contributed by atoms with Crippen molar-refractivity contribution >= 4 is 27.6 Å². The van der Waals surface area contributed by atoms with Crippen LogP contribution in [0.4, 0.5) is 11.4 Å². The zero-order valence-electron chi connectivity index (χ0n) is 12.9. The first-order valence-electron chi connectivity index (χ1n) is 6.69. The molecule has 132 valence electrons. The summed E-state index contributed by atoms with van der Waals surface area (Å²) in [5, 5.41) is 29.5. The third-order valence-electron chi connectivity index (χ3n) is 3.10. The summed E-state index contributed by atoms with van der Waals surface area (Å²) in [6, 6.07) is 7.68. The van der Waals surface area contributed by atoms with Crippen LogP contribution >= 0.6 is 0 Å². The molecule has 2 aromatic rings. The largest absolute Gasteiger partial charge is 0.504 e. The maximum atomic E-state index is 11.3. The monoisotopic (exact) mass is 366 g/mol. The Morgan fingerprint density at radius 3 is 2.60 bits per heavy atom. The van der Waals surface area contributed by atoms with Gasteiger partial charge in [-0.3, -0.25) is 15.5 Å². The van der Waals surface area contributed by atoms with E-state index in [9.17, 15) is 23.6 Å². The van der Waals surface area contributed by atoms with Crippen LogP contribution in [0, 0.1) is 10.1 Å². The van der Waals surface area contributed by atoms with Crippen molar-refractivity contribution < 1.29 is 23.2 Å². The second-order valence-corrected chi connectivity index (χ2v) is 6.34. The number of nitro benzene ring substituents is 1. The molecule has 0 aromatic heterocycles. The molecule has 0 unspecified atom stereocenters. The van der Waals surface area contributed by atoms with E-state index in [2.05, 4.69) is 10.5 Å². The number of rotatable bonds is 6. The van der Waals surface area contributed by atoms with E-state index in [0.717, 1.165) is 12.1 Å². The lowest BCUT2D eigenvalue weighted by Crippen LogP contribution is -2.12. The molecule has 0 aliphatic heterocycles. The van der Waals surface area contributed by atoms with E-state index >= 15 is 0 Å². The number of benzene rings is 2. The maximum Gasteiger partial charge on any atom is 0.295 e. The predicted molar refractivity (Wildman–Crippen MR) is 90.3 cm³/mol. The van der Waals surface area contributed by atoms with E-state index in [4.69, 9.17) is 9.88 Å². The molecule has 0 saturated heterocycles. The lowest BCUT2D eigenvalue weighted by Gasteiger charge is -2.05. The van der Waals surface area contributed by atoms with Crippen molar-refractivity contribution in [2.24, 2.45) is 10.2 Å². The fourth-order valence-electron chi connectivity index (χ4n) is 1.90. The Bertz CT molecular complexity index is 942. The van der Waals surface area contributed by atoms with Gasteiger partial charge in [-0.2, -0.15) is 5.10 Å². The number of phenolic OH excluding ortho intramolecular Hbond substituents is 1. The standard InChI is InChI=1S/C14H14N4O6S/c1-24-14-5-2-9(6-13(14)19)8-16-17-11-4-3-10(25(15,22)23)7-12(11)18(20)21/h2-8,17,19H,1H3,(H2,15,22,23)/b16-8+. The first-order chi connectivity index (χ1) is 11.7. The van der Waals surface area contributed by atoms with Crippen LogP contribution in [0.3, 0.4) is 0 Å². The van der Waals surface area contributed by atoms with E-state index in [1.54, 1.807) is 6.07 Å². The Morgan fingerprint density at radius 2 is 2.04 bits per heavy atom. The molecule has 0 bridgehead atoms. The third-order valence-corrected chi connectivity index (χ3v) is 4.01. The second-order valence-electron chi connectivity index (χ2n) is 4.78. The van der Waals surface area contributed by atoms with Crippen LogP contribution in [0.25, 0.3) is 0 Å². The van der Waals surface area contributed by atoms with Crippen LogP contribution in [0.15, 0.2) is 46.4 Å². The molecule has 2 rings (SSSR count). The summed E-state index contributed by atoms with van der Waals surface area (Å²) in [5.74, 6) is 0.203.